The lowest BCUT2D eigenvalue weighted by atomic mass is 9.95. The van der Waals surface area contributed by atoms with Crippen molar-refractivity contribution < 1.29 is 4.74 Å². The molecular formula is C25H38N2O2. The highest BCUT2D eigenvalue weighted by Gasteiger charge is 2.13. The van der Waals surface area contributed by atoms with Crippen LogP contribution >= 0.6 is 0 Å². The van der Waals surface area contributed by atoms with Gasteiger partial charge in [0.15, 0.2) is 0 Å². The van der Waals surface area contributed by atoms with Crippen molar-refractivity contribution in [3.63, 3.8) is 0 Å². The van der Waals surface area contributed by atoms with Gasteiger partial charge in [-0.05, 0) is 40.5 Å². The summed E-state index contributed by atoms with van der Waals surface area (Å²) < 4.78 is 7.39. The lowest BCUT2D eigenvalue weighted by Gasteiger charge is -2.23. The van der Waals surface area contributed by atoms with Gasteiger partial charge in [0.2, 0.25) is 0 Å². The van der Waals surface area contributed by atoms with Gasteiger partial charge in [0.25, 0.3) is 5.56 Å². The maximum absolute atomic E-state index is 12.5. The largest absolute Gasteiger partial charge is 0.379 e. The van der Waals surface area contributed by atoms with Crippen LogP contribution in [0.25, 0.3) is 11.1 Å². The van der Waals surface area contributed by atoms with Crippen LogP contribution in [0.2, 0.25) is 0 Å². The Kier molecular flexibility index (Phi) is 7.84. The first-order valence-electron chi connectivity index (χ1n) is 10.6. The van der Waals surface area contributed by atoms with E-state index < -0.39 is 0 Å². The van der Waals surface area contributed by atoms with Crippen molar-refractivity contribution in [1.29, 1.82) is 0 Å². The zero-order valence-corrected chi connectivity index (χ0v) is 19.2. The normalized spacial score (nSPS) is 13.5. The van der Waals surface area contributed by atoms with E-state index in [9.17, 15) is 4.79 Å². The van der Waals surface area contributed by atoms with Gasteiger partial charge >= 0.3 is 0 Å². The monoisotopic (exact) mass is 398 g/mol. The van der Waals surface area contributed by atoms with Gasteiger partial charge in [-0.15, -0.1) is 0 Å². The average molecular weight is 399 g/mol. The molecule has 29 heavy (non-hydrogen) atoms. The number of ether oxygens (including phenoxy) is 1. The second-order valence-electron chi connectivity index (χ2n) is 10.3. The number of aromatic nitrogens is 1. The Bertz CT molecular complexity index is 824. The van der Waals surface area contributed by atoms with Crippen LogP contribution in [-0.4, -0.2) is 24.3 Å². The summed E-state index contributed by atoms with van der Waals surface area (Å²) in [5, 5.41) is 3.58. The molecule has 0 aliphatic heterocycles. The van der Waals surface area contributed by atoms with E-state index in [0.29, 0.717) is 25.8 Å². The molecule has 2 aromatic rings. The Morgan fingerprint density at radius 1 is 0.966 bits per heavy atom. The first-order valence-corrected chi connectivity index (χ1v) is 10.6. The Hall–Kier alpha value is -1.91. The number of hydrogen-bond donors (Lipinski definition) is 1. The van der Waals surface area contributed by atoms with Gasteiger partial charge in [-0.1, -0.05) is 65.8 Å². The molecule has 1 unspecified atom stereocenters. The van der Waals surface area contributed by atoms with Crippen molar-refractivity contribution in [2.45, 2.75) is 61.1 Å². The van der Waals surface area contributed by atoms with E-state index in [0.717, 1.165) is 17.7 Å². The summed E-state index contributed by atoms with van der Waals surface area (Å²) in [5.41, 5.74) is 3.67. The second kappa shape index (κ2) is 9.73. The minimum Gasteiger partial charge on any atom is -0.379 e. The number of rotatable bonds is 8. The van der Waals surface area contributed by atoms with Gasteiger partial charge in [-0.25, -0.2) is 0 Å². The Balaban J connectivity index is 1.98. The SMILES string of the molecule is CC(NCC(C)(C)C)c1ccc(-c2ccn(CCOCC(C)(C)C)c(=O)c2)cc1. The van der Waals surface area contributed by atoms with Crippen molar-refractivity contribution >= 4 is 0 Å². The van der Waals surface area contributed by atoms with Crippen LogP contribution < -0.4 is 10.9 Å². The van der Waals surface area contributed by atoms with Crippen LogP contribution in [0, 0.1) is 10.8 Å². The summed E-state index contributed by atoms with van der Waals surface area (Å²) in [6.45, 7) is 18.1. The molecule has 1 aromatic carbocycles. The third-order valence-electron chi connectivity index (χ3n) is 4.69. The van der Waals surface area contributed by atoms with E-state index in [1.807, 2.05) is 12.3 Å². The molecule has 0 aliphatic carbocycles. The van der Waals surface area contributed by atoms with Gasteiger partial charge in [0, 0.05) is 31.4 Å². The molecule has 0 aliphatic rings. The van der Waals surface area contributed by atoms with Gasteiger partial charge in [0.1, 0.15) is 0 Å². The molecule has 160 valence electrons. The van der Waals surface area contributed by atoms with Crippen molar-refractivity contribution in [1.82, 2.24) is 9.88 Å². The summed E-state index contributed by atoms with van der Waals surface area (Å²) >= 11 is 0. The highest BCUT2D eigenvalue weighted by molar-refractivity contribution is 5.63. The summed E-state index contributed by atoms with van der Waals surface area (Å²) in [7, 11) is 0. The molecule has 1 aromatic heterocycles. The minimum atomic E-state index is 0.00569. The third-order valence-corrected chi connectivity index (χ3v) is 4.69. The molecule has 0 bridgehead atoms. The lowest BCUT2D eigenvalue weighted by Crippen LogP contribution is -2.29. The zero-order valence-electron chi connectivity index (χ0n) is 19.2. The highest BCUT2D eigenvalue weighted by Crippen LogP contribution is 2.22. The van der Waals surface area contributed by atoms with Crippen molar-refractivity contribution in [3.05, 3.63) is 58.5 Å². The minimum absolute atomic E-state index is 0.00569. The molecule has 1 heterocycles. The van der Waals surface area contributed by atoms with E-state index in [-0.39, 0.29) is 16.4 Å². The van der Waals surface area contributed by atoms with Crippen LogP contribution in [0.1, 0.15) is 60.1 Å². The fourth-order valence-corrected chi connectivity index (χ4v) is 2.95. The fraction of sp³-hybridized carbons (Fsp3) is 0.560. The smallest absolute Gasteiger partial charge is 0.251 e. The van der Waals surface area contributed by atoms with Crippen LogP contribution in [0.4, 0.5) is 0 Å². The molecule has 1 N–H and O–H groups in total. The number of hydrogen-bond acceptors (Lipinski definition) is 3. The molecule has 0 saturated carbocycles. The third kappa shape index (κ3) is 8.15. The maximum Gasteiger partial charge on any atom is 0.251 e. The molecule has 0 radical (unpaired) electrons. The zero-order chi connectivity index (χ0) is 21.7. The summed E-state index contributed by atoms with van der Waals surface area (Å²) in [6, 6.07) is 12.5. The maximum atomic E-state index is 12.5. The lowest BCUT2D eigenvalue weighted by molar-refractivity contribution is 0.0657. The molecule has 0 fully saturated rings. The van der Waals surface area contributed by atoms with Crippen molar-refractivity contribution in [2.24, 2.45) is 10.8 Å². The predicted octanol–water partition coefficient (Wildman–Crippen LogP) is 5.27. The van der Waals surface area contributed by atoms with E-state index in [4.69, 9.17) is 4.74 Å². The molecule has 4 nitrogen and oxygen atoms in total. The quantitative estimate of drug-likeness (QED) is 0.616. The summed E-state index contributed by atoms with van der Waals surface area (Å²) in [5.74, 6) is 0. The number of benzene rings is 1. The van der Waals surface area contributed by atoms with Crippen LogP contribution in [0.3, 0.4) is 0 Å². The van der Waals surface area contributed by atoms with Crippen LogP contribution in [0.15, 0.2) is 47.4 Å². The predicted molar refractivity (Wildman–Crippen MR) is 122 cm³/mol. The number of nitrogens with zero attached hydrogens (tertiary/aromatic N) is 1. The van der Waals surface area contributed by atoms with E-state index in [1.54, 1.807) is 10.6 Å². The van der Waals surface area contributed by atoms with Gasteiger partial charge in [-0.3, -0.25) is 4.79 Å². The van der Waals surface area contributed by atoms with E-state index in [2.05, 4.69) is 78.0 Å². The molecule has 0 spiro atoms. The highest BCUT2D eigenvalue weighted by atomic mass is 16.5. The van der Waals surface area contributed by atoms with Gasteiger partial charge in [-0.2, -0.15) is 0 Å². The standard InChI is InChI=1S/C25H38N2O2/c1-19(26-17-24(2,3)4)20-8-10-21(11-9-20)22-12-13-27(23(28)16-22)14-15-29-18-25(5,6)7/h8-13,16,19,26H,14-15,17-18H2,1-7H3. The topological polar surface area (TPSA) is 43.3 Å². The molecule has 2 rings (SSSR count). The average Bonchev–Trinajstić information content (AvgIpc) is 2.63. The Labute approximate surface area is 176 Å². The molecule has 4 heteroatoms. The number of pyridine rings is 1. The first-order chi connectivity index (χ1) is 13.4. The first kappa shape index (κ1) is 23.4. The Morgan fingerprint density at radius 2 is 1.62 bits per heavy atom. The van der Waals surface area contributed by atoms with Crippen molar-refractivity contribution in [2.75, 3.05) is 19.8 Å². The second-order valence-corrected chi connectivity index (χ2v) is 10.3. The van der Waals surface area contributed by atoms with Crippen molar-refractivity contribution in [3.8, 4) is 11.1 Å². The van der Waals surface area contributed by atoms with Crippen LogP contribution in [0.5, 0.6) is 0 Å². The molecule has 0 saturated heterocycles. The summed E-state index contributed by atoms with van der Waals surface area (Å²) in [6.07, 6.45) is 1.86. The van der Waals surface area contributed by atoms with Gasteiger partial charge < -0.3 is 14.6 Å². The molecule has 1 atom stereocenters. The summed E-state index contributed by atoms with van der Waals surface area (Å²) in [4.78, 5) is 12.5. The molecule has 0 amide bonds. The van der Waals surface area contributed by atoms with Gasteiger partial charge in [0.05, 0.1) is 13.2 Å². The van der Waals surface area contributed by atoms with E-state index >= 15 is 0 Å². The van der Waals surface area contributed by atoms with E-state index in [1.165, 1.54) is 5.56 Å². The Morgan fingerprint density at radius 3 is 2.17 bits per heavy atom. The number of nitrogens with one attached hydrogen (secondary N) is 1. The molecular weight excluding hydrogens is 360 g/mol. The van der Waals surface area contributed by atoms with Crippen LogP contribution in [-0.2, 0) is 11.3 Å². The fourth-order valence-electron chi connectivity index (χ4n) is 2.95.